The van der Waals surface area contributed by atoms with Gasteiger partial charge in [-0.25, -0.2) is 0 Å². The summed E-state index contributed by atoms with van der Waals surface area (Å²) in [4.78, 5) is 0. The lowest BCUT2D eigenvalue weighted by atomic mass is 9.93. The Bertz CT molecular complexity index is 792. The number of ether oxygens (including phenoxy) is 2. The molecule has 2 aromatic carbocycles. The van der Waals surface area contributed by atoms with E-state index in [1.807, 2.05) is 0 Å². The van der Waals surface area contributed by atoms with Gasteiger partial charge in [-0.2, -0.15) is 0 Å². The number of fused-ring (bicyclic) bond motifs is 1. The maximum atomic E-state index is 10.3. The molecule has 0 unspecified atom stereocenters. The van der Waals surface area contributed by atoms with Gasteiger partial charge in [0.25, 0.3) is 0 Å². The highest BCUT2D eigenvalue weighted by molar-refractivity contribution is 5.55. The predicted molar refractivity (Wildman–Crippen MR) is 88.3 cm³/mol. The van der Waals surface area contributed by atoms with Gasteiger partial charge < -0.3 is 35.0 Å². The van der Waals surface area contributed by atoms with Gasteiger partial charge in [-0.3, -0.25) is 0 Å². The van der Waals surface area contributed by atoms with Gasteiger partial charge in [-0.05, 0) is 12.1 Å². The maximum absolute atomic E-state index is 10.3. The molecule has 0 spiro atoms. The Morgan fingerprint density at radius 2 is 1.76 bits per heavy atom. The quantitative estimate of drug-likeness (QED) is 0.538. The van der Waals surface area contributed by atoms with E-state index in [4.69, 9.17) is 9.47 Å². The fraction of sp³-hybridized carbons (Fsp3) is 0.222. The third kappa shape index (κ3) is 3.14. The molecule has 0 aliphatic carbocycles. The Morgan fingerprint density at radius 1 is 1.08 bits per heavy atom. The van der Waals surface area contributed by atoms with Crippen LogP contribution in [-0.2, 0) is 6.42 Å². The third-order valence-corrected chi connectivity index (χ3v) is 3.93. The van der Waals surface area contributed by atoms with Crippen molar-refractivity contribution in [1.29, 1.82) is 0 Å². The van der Waals surface area contributed by atoms with E-state index in [0.717, 1.165) is 0 Å². The molecule has 2 aromatic rings. The molecule has 25 heavy (non-hydrogen) atoms. The van der Waals surface area contributed by atoms with Crippen LogP contribution in [0.25, 0.3) is 0 Å². The highest BCUT2D eigenvalue weighted by atomic mass is 16.5. The molecule has 7 nitrogen and oxygen atoms in total. The fourth-order valence-electron chi connectivity index (χ4n) is 2.82. The topological polar surface area (TPSA) is 120 Å². The van der Waals surface area contributed by atoms with Crippen molar-refractivity contribution in [2.75, 3.05) is 6.61 Å². The Labute approximate surface area is 143 Å². The van der Waals surface area contributed by atoms with Crippen LogP contribution in [-0.4, -0.2) is 38.2 Å². The molecule has 0 aromatic heterocycles. The Balaban J connectivity index is 1.95. The number of aromatic hydroxyl groups is 4. The summed E-state index contributed by atoms with van der Waals surface area (Å²) in [7, 11) is 0. The van der Waals surface area contributed by atoms with Gasteiger partial charge in [0.1, 0.15) is 23.9 Å². The minimum Gasteiger partial charge on any atom is -0.508 e. The van der Waals surface area contributed by atoms with Crippen molar-refractivity contribution in [2.24, 2.45) is 0 Å². The van der Waals surface area contributed by atoms with E-state index in [-0.39, 0.29) is 47.5 Å². The Morgan fingerprint density at radius 3 is 2.40 bits per heavy atom. The molecule has 5 N–H and O–H groups in total. The highest BCUT2D eigenvalue weighted by Crippen LogP contribution is 2.45. The summed E-state index contributed by atoms with van der Waals surface area (Å²) in [6, 6.07) is 5.13. The second-order valence-corrected chi connectivity index (χ2v) is 5.74. The minimum absolute atomic E-state index is 0.0857. The van der Waals surface area contributed by atoms with Crippen molar-refractivity contribution in [1.82, 2.24) is 0 Å². The Kier molecular flexibility index (Phi) is 4.33. The first-order valence-corrected chi connectivity index (χ1v) is 7.59. The lowest BCUT2D eigenvalue weighted by molar-refractivity contribution is 0.0195. The van der Waals surface area contributed by atoms with E-state index < -0.39 is 12.2 Å². The highest BCUT2D eigenvalue weighted by Gasteiger charge is 2.33. The van der Waals surface area contributed by atoms with E-state index in [9.17, 15) is 25.5 Å². The molecule has 0 radical (unpaired) electrons. The second kappa shape index (κ2) is 6.45. The van der Waals surface area contributed by atoms with Crippen LogP contribution in [0.4, 0.5) is 0 Å². The van der Waals surface area contributed by atoms with E-state index in [1.54, 1.807) is 0 Å². The van der Waals surface area contributed by atoms with Crippen LogP contribution < -0.4 is 9.47 Å². The van der Waals surface area contributed by atoms with Crippen LogP contribution in [0.2, 0.25) is 0 Å². The van der Waals surface area contributed by atoms with Gasteiger partial charge in [0, 0.05) is 29.7 Å². The molecule has 132 valence electrons. The van der Waals surface area contributed by atoms with Crippen molar-refractivity contribution >= 4 is 0 Å². The van der Waals surface area contributed by atoms with Crippen molar-refractivity contribution in [3.8, 4) is 34.5 Å². The summed E-state index contributed by atoms with van der Waals surface area (Å²) >= 11 is 0. The van der Waals surface area contributed by atoms with E-state index in [0.29, 0.717) is 11.1 Å². The molecule has 7 heteroatoms. The normalized spacial score (nSPS) is 18.9. The Hall–Kier alpha value is -3.06. The lowest BCUT2D eigenvalue weighted by Crippen LogP contribution is -2.30. The summed E-state index contributed by atoms with van der Waals surface area (Å²) in [5.74, 6) is -0.838. The summed E-state index contributed by atoms with van der Waals surface area (Å²) in [5.41, 5.74) is 0.697. The van der Waals surface area contributed by atoms with Gasteiger partial charge >= 0.3 is 0 Å². The molecule has 0 amide bonds. The van der Waals surface area contributed by atoms with Crippen LogP contribution in [0.5, 0.6) is 34.5 Å². The molecule has 1 aliphatic rings. The predicted octanol–water partition coefficient (Wildman–Crippen LogP) is 2.11. The van der Waals surface area contributed by atoms with Gasteiger partial charge in [0.05, 0.1) is 6.10 Å². The van der Waals surface area contributed by atoms with Crippen LogP contribution >= 0.6 is 0 Å². The number of hydrogen-bond donors (Lipinski definition) is 5. The molecule has 3 rings (SSSR count). The number of aliphatic hydroxyl groups excluding tert-OH is 1. The second-order valence-electron chi connectivity index (χ2n) is 5.74. The number of rotatable bonds is 4. The zero-order valence-corrected chi connectivity index (χ0v) is 13.2. The summed E-state index contributed by atoms with van der Waals surface area (Å²) in [5, 5.41) is 49.9. The average molecular weight is 346 g/mol. The van der Waals surface area contributed by atoms with Crippen LogP contribution in [0.15, 0.2) is 36.9 Å². The number of hydrogen-bond acceptors (Lipinski definition) is 7. The van der Waals surface area contributed by atoms with Crippen molar-refractivity contribution in [3.63, 3.8) is 0 Å². The summed E-state index contributed by atoms with van der Waals surface area (Å²) in [6.45, 7) is 3.60. The van der Waals surface area contributed by atoms with Gasteiger partial charge in [-0.15, -0.1) is 0 Å². The smallest absolute Gasteiger partial charge is 0.203 e. The first-order chi connectivity index (χ1) is 11.9. The van der Waals surface area contributed by atoms with Gasteiger partial charge in [0.15, 0.2) is 17.6 Å². The van der Waals surface area contributed by atoms with Crippen molar-refractivity contribution in [3.05, 3.63) is 48.0 Å². The molecule has 0 saturated carbocycles. The molecule has 0 saturated heterocycles. The molecular weight excluding hydrogens is 328 g/mol. The van der Waals surface area contributed by atoms with Gasteiger partial charge in [-0.1, -0.05) is 12.7 Å². The standard InChI is InChI=1S/C18H18O7/c1-2-3-24-18-13(21)4-9(5-14(18)22)17-15(23)8-11-12(20)6-10(19)7-16(11)25-17/h2,4-7,15,17,19-23H,1,3,8H2/t15-,17-/m1/s1. The monoisotopic (exact) mass is 346 g/mol. The molecule has 1 aliphatic heterocycles. The van der Waals surface area contributed by atoms with E-state index in [2.05, 4.69) is 6.58 Å². The summed E-state index contributed by atoms with van der Waals surface area (Å²) in [6.07, 6.45) is -0.375. The number of phenolic OH excluding ortho intramolecular Hbond substituents is 4. The lowest BCUT2D eigenvalue weighted by Gasteiger charge is -2.31. The number of phenols is 4. The first-order valence-electron chi connectivity index (χ1n) is 7.59. The SMILES string of the molecule is C=CCOc1c(O)cc([C@H]2Oc3cc(O)cc(O)c3C[C@H]2O)cc1O. The minimum atomic E-state index is -1.03. The van der Waals surface area contributed by atoms with Crippen LogP contribution in [0.3, 0.4) is 0 Å². The van der Waals surface area contributed by atoms with E-state index >= 15 is 0 Å². The molecule has 0 bridgehead atoms. The average Bonchev–Trinajstić information content (AvgIpc) is 2.54. The fourth-order valence-corrected chi connectivity index (χ4v) is 2.82. The molecular formula is C18H18O7. The summed E-state index contributed by atoms with van der Waals surface area (Å²) < 4.78 is 10.9. The third-order valence-electron chi connectivity index (χ3n) is 3.93. The van der Waals surface area contributed by atoms with Crippen molar-refractivity contribution < 1.29 is 35.0 Å². The van der Waals surface area contributed by atoms with Crippen LogP contribution in [0, 0.1) is 0 Å². The molecule has 0 fully saturated rings. The molecule has 1 heterocycles. The number of benzene rings is 2. The van der Waals surface area contributed by atoms with E-state index in [1.165, 1.54) is 30.3 Å². The zero-order valence-electron chi connectivity index (χ0n) is 13.2. The van der Waals surface area contributed by atoms with Crippen LogP contribution in [0.1, 0.15) is 17.2 Å². The molecule has 2 atom stereocenters. The van der Waals surface area contributed by atoms with Crippen molar-refractivity contribution in [2.45, 2.75) is 18.6 Å². The zero-order chi connectivity index (χ0) is 18.1. The maximum Gasteiger partial charge on any atom is 0.203 e. The first kappa shape index (κ1) is 16.8. The van der Waals surface area contributed by atoms with Gasteiger partial charge in [0.2, 0.25) is 5.75 Å². The number of aliphatic hydroxyl groups is 1. The largest absolute Gasteiger partial charge is 0.508 e.